The van der Waals surface area contributed by atoms with E-state index in [0.717, 1.165) is 48.8 Å². The van der Waals surface area contributed by atoms with Crippen molar-refractivity contribution in [3.05, 3.63) is 108 Å². The van der Waals surface area contributed by atoms with E-state index in [4.69, 9.17) is 4.74 Å². The molecule has 1 fully saturated rings. The highest BCUT2D eigenvalue weighted by Gasteiger charge is 2.44. The van der Waals surface area contributed by atoms with Gasteiger partial charge in [-0.3, -0.25) is 14.9 Å². The van der Waals surface area contributed by atoms with Crippen molar-refractivity contribution in [3.63, 3.8) is 0 Å². The second kappa shape index (κ2) is 14.5. The molecule has 4 rings (SSSR count). The molecule has 4 nitrogen and oxygen atoms in total. The maximum atomic E-state index is 16.4. The number of rotatable bonds is 13. The first-order valence-electron chi connectivity index (χ1n) is 15.1. The molecule has 0 unspecified atom stereocenters. The van der Waals surface area contributed by atoms with E-state index in [1.54, 1.807) is 0 Å². The third-order valence-corrected chi connectivity index (χ3v) is 8.50. The lowest BCUT2D eigenvalue weighted by molar-refractivity contribution is -0.152. The smallest absolute Gasteiger partial charge is 0.312 e. The summed E-state index contributed by atoms with van der Waals surface area (Å²) in [7, 11) is 1.28. The topological polar surface area (TPSA) is 55.4 Å². The van der Waals surface area contributed by atoms with Crippen LogP contribution in [-0.2, 0) is 19.9 Å². The zero-order chi connectivity index (χ0) is 29.2. The van der Waals surface area contributed by atoms with Crippen LogP contribution < -0.4 is 5.32 Å². The molecule has 0 radical (unpaired) electrons. The van der Waals surface area contributed by atoms with Crippen LogP contribution in [0.2, 0.25) is 0 Å². The Kier molecular flexibility index (Phi) is 10.9. The third kappa shape index (κ3) is 7.32. The maximum Gasteiger partial charge on any atom is 0.312 e. The van der Waals surface area contributed by atoms with Crippen LogP contribution in [0.25, 0.3) is 0 Å². The van der Waals surface area contributed by atoms with Crippen molar-refractivity contribution in [2.24, 2.45) is 17.8 Å². The fourth-order valence-corrected chi connectivity index (χ4v) is 6.45. The first-order chi connectivity index (χ1) is 19.9. The van der Waals surface area contributed by atoms with Gasteiger partial charge in [0.25, 0.3) is 0 Å². The minimum Gasteiger partial charge on any atom is -0.469 e. The Morgan fingerprint density at radius 3 is 1.71 bits per heavy atom. The summed E-state index contributed by atoms with van der Waals surface area (Å²) >= 11 is 0. The molecular formula is C36H44FNO3. The zero-order valence-electron chi connectivity index (χ0n) is 24.6. The fourth-order valence-electron chi connectivity index (χ4n) is 6.45. The highest BCUT2D eigenvalue weighted by atomic mass is 19.1. The number of ether oxygens (including phenoxy) is 1. The lowest BCUT2D eigenvalue weighted by Gasteiger charge is -2.41. The molecule has 1 aliphatic carbocycles. The number of alkyl halides is 1. The Balaban J connectivity index is 1.78. The fraction of sp³-hybridized carbons (Fsp3) is 0.444. The van der Waals surface area contributed by atoms with Gasteiger partial charge in [-0.2, -0.15) is 0 Å². The number of halogens is 1. The van der Waals surface area contributed by atoms with Gasteiger partial charge in [-0.1, -0.05) is 137 Å². The number of hydrogen-bond acceptors (Lipinski definition) is 4. The maximum absolute atomic E-state index is 16.4. The van der Waals surface area contributed by atoms with Crippen LogP contribution in [0.4, 0.5) is 4.39 Å². The average Bonchev–Trinajstić information content (AvgIpc) is 3.02. The monoisotopic (exact) mass is 557 g/mol. The summed E-state index contributed by atoms with van der Waals surface area (Å²) in [5.74, 6) is -1.99. The Morgan fingerprint density at radius 2 is 1.29 bits per heavy atom. The van der Waals surface area contributed by atoms with E-state index in [9.17, 15) is 9.59 Å². The van der Waals surface area contributed by atoms with Crippen LogP contribution in [0.1, 0.15) is 75.5 Å². The predicted octanol–water partition coefficient (Wildman–Crippen LogP) is 7.65. The van der Waals surface area contributed by atoms with Crippen molar-refractivity contribution >= 4 is 11.8 Å². The van der Waals surface area contributed by atoms with Gasteiger partial charge in [-0.25, -0.2) is 4.39 Å². The molecule has 3 atom stereocenters. The molecule has 0 aromatic heterocycles. The van der Waals surface area contributed by atoms with Crippen LogP contribution in [-0.4, -0.2) is 31.1 Å². The molecule has 0 amide bonds. The van der Waals surface area contributed by atoms with Crippen LogP contribution in [0.15, 0.2) is 91.0 Å². The Hall–Kier alpha value is -3.31. The number of esters is 1. The number of hydrogen-bond donors (Lipinski definition) is 1. The number of benzene rings is 3. The highest BCUT2D eigenvalue weighted by Crippen LogP contribution is 2.39. The SMILES string of the molecule is COC(=O)[C@H](CC1CCCCC1)[C@H](F)C(=O)[C@H](CC(C)C)NC(c1ccccc1)(c1ccccc1)c1ccccc1. The summed E-state index contributed by atoms with van der Waals surface area (Å²) in [6, 6.07) is 29.2. The highest BCUT2D eigenvalue weighted by molar-refractivity contribution is 5.92. The summed E-state index contributed by atoms with van der Waals surface area (Å²) in [5, 5.41) is 3.70. The Bertz CT molecular complexity index is 1130. The van der Waals surface area contributed by atoms with Gasteiger partial charge >= 0.3 is 5.97 Å². The molecule has 5 heteroatoms. The number of Topliss-reactive ketones (excluding diaryl/α,β-unsaturated/α-hetero) is 1. The predicted molar refractivity (Wildman–Crippen MR) is 162 cm³/mol. The standard InChI is InChI=1S/C36H44FNO3/c1-26(2)24-32(34(39)33(37)31(35(40)41-3)25-27-16-8-4-9-17-27)38-36(28-18-10-5-11-19-28,29-20-12-6-13-21-29)30-22-14-7-15-23-30/h5-7,10-15,18-23,26-27,31-33,38H,4,8-9,16-17,24-25H2,1-3H3/t31-,32+,33+/m1/s1. The van der Waals surface area contributed by atoms with Gasteiger partial charge in [0.2, 0.25) is 0 Å². The number of carbonyl (C=O) groups is 2. The second-order valence-corrected chi connectivity index (χ2v) is 11.8. The molecule has 1 aliphatic rings. The summed E-state index contributed by atoms with van der Waals surface area (Å²) in [5.41, 5.74) is 1.91. The van der Waals surface area contributed by atoms with Crippen LogP contribution in [0, 0.1) is 17.8 Å². The second-order valence-electron chi connectivity index (χ2n) is 11.8. The molecule has 1 N–H and O–H groups in total. The minimum absolute atomic E-state index is 0.110. The molecule has 0 heterocycles. The van der Waals surface area contributed by atoms with E-state index in [1.807, 2.05) is 105 Å². The van der Waals surface area contributed by atoms with Gasteiger partial charge in [0, 0.05) is 0 Å². The first-order valence-corrected chi connectivity index (χ1v) is 15.1. The lowest BCUT2D eigenvalue weighted by Crippen LogP contribution is -2.55. The van der Waals surface area contributed by atoms with Gasteiger partial charge < -0.3 is 4.74 Å². The average molecular weight is 558 g/mol. The van der Waals surface area contributed by atoms with Crippen molar-refractivity contribution in [2.45, 2.75) is 76.5 Å². The molecule has 0 saturated heterocycles. The van der Waals surface area contributed by atoms with E-state index in [0.29, 0.717) is 12.8 Å². The molecule has 3 aromatic carbocycles. The lowest BCUT2D eigenvalue weighted by atomic mass is 9.75. The van der Waals surface area contributed by atoms with E-state index in [2.05, 4.69) is 5.32 Å². The van der Waals surface area contributed by atoms with Crippen molar-refractivity contribution in [2.75, 3.05) is 7.11 Å². The van der Waals surface area contributed by atoms with Crippen molar-refractivity contribution in [1.29, 1.82) is 0 Å². The quantitative estimate of drug-likeness (QED) is 0.173. The number of carbonyl (C=O) groups excluding carboxylic acids is 2. The van der Waals surface area contributed by atoms with E-state index >= 15 is 4.39 Å². The van der Waals surface area contributed by atoms with Gasteiger partial charge in [-0.05, 0) is 41.4 Å². The molecule has 218 valence electrons. The van der Waals surface area contributed by atoms with Gasteiger partial charge in [0.15, 0.2) is 12.0 Å². The van der Waals surface area contributed by atoms with Crippen molar-refractivity contribution in [3.8, 4) is 0 Å². The van der Waals surface area contributed by atoms with E-state index < -0.39 is 35.4 Å². The molecule has 1 saturated carbocycles. The van der Waals surface area contributed by atoms with Crippen LogP contribution in [0.5, 0.6) is 0 Å². The number of nitrogens with one attached hydrogen (secondary N) is 1. The summed E-state index contributed by atoms with van der Waals surface area (Å²) in [6.45, 7) is 4.06. The summed E-state index contributed by atoms with van der Waals surface area (Å²) in [4.78, 5) is 27.1. The molecule has 3 aromatic rings. The van der Waals surface area contributed by atoms with Gasteiger partial charge in [-0.15, -0.1) is 0 Å². The molecular weight excluding hydrogens is 513 g/mol. The van der Waals surface area contributed by atoms with E-state index in [-0.39, 0.29) is 11.8 Å². The number of ketones is 1. The van der Waals surface area contributed by atoms with Crippen LogP contribution >= 0.6 is 0 Å². The third-order valence-electron chi connectivity index (χ3n) is 8.50. The van der Waals surface area contributed by atoms with Crippen LogP contribution in [0.3, 0.4) is 0 Å². The van der Waals surface area contributed by atoms with Crippen molar-refractivity contribution in [1.82, 2.24) is 5.32 Å². The zero-order valence-corrected chi connectivity index (χ0v) is 24.6. The molecule has 0 aliphatic heterocycles. The summed E-state index contributed by atoms with van der Waals surface area (Å²) < 4.78 is 21.5. The number of methoxy groups -OCH3 is 1. The summed E-state index contributed by atoms with van der Waals surface area (Å²) in [6.07, 6.45) is 4.05. The van der Waals surface area contributed by atoms with Gasteiger partial charge in [0.05, 0.1) is 24.6 Å². The van der Waals surface area contributed by atoms with E-state index in [1.165, 1.54) is 7.11 Å². The molecule has 0 bridgehead atoms. The minimum atomic E-state index is -1.96. The molecule has 0 spiro atoms. The first kappa shape index (κ1) is 30.6. The van der Waals surface area contributed by atoms with Crippen molar-refractivity contribution < 1.29 is 18.7 Å². The Labute approximate surface area is 244 Å². The Morgan fingerprint density at radius 1 is 0.829 bits per heavy atom. The van der Waals surface area contributed by atoms with Gasteiger partial charge in [0.1, 0.15) is 0 Å². The molecule has 41 heavy (non-hydrogen) atoms. The normalized spacial score (nSPS) is 16.6. The largest absolute Gasteiger partial charge is 0.469 e.